The van der Waals surface area contributed by atoms with Crippen molar-refractivity contribution in [3.63, 3.8) is 0 Å². The van der Waals surface area contributed by atoms with E-state index in [1.54, 1.807) is 21.3 Å². The lowest BCUT2D eigenvalue weighted by Crippen LogP contribution is -2.13. The Morgan fingerprint density at radius 3 is 2.04 bits per heavy atom. The van der Waals surface area contributed by atoms with Crippen molar-refractivity contribution in [2.75, 3.05) is 34.5 Å². The van der Waals surface area contributed by atoms with Gasteiger partial charge in [-0.3, -0.25) is 4.79 Å². The first kappa shape index (κ1) is 21.8. The Bertz CT molecular complexity index is 806. The molecule has 5 heteroatoms. The summed E-state index contributed by atoms with van der Waals surface area (Å²) in [5.74, 6) is 1.35. The number of methoxy groups -OCH3 is 3. The molecule has 0 spiro atoms. The summed E-state index contributed by atoms with van der Waals surface area (Å²) in [5.41, 5.74) is 3.87. The van der Waals surface area contributed by atoms with Gasteiger partial charge in [0.1, 0.15) is 0 Å². The smallest absolute Gasteiger partial charge is 0.204 e. The molecule has 0 aliphatic heterocycles. The lowest BCUT2D eigenvalue weighted by molar-refractivity contribution is 0.103. The predicted molar refractivity (Wildman–Crippen MR) is 110 cm³/mol. The van der Waals surface area contributed by atoms with Gasteiger partial charge in [-0.15, -0.1) is 0 Å². The fraction of sp³-hybridized carbons (Fsp3) is 0.435. The summed E-state index contributed by atoms with van der Waals surface area (Å²) in [7, 11) is 4.81. The highest BCUT2D eigenvalue weighted by atomic mass is 16.5. The molecule has 0 fully saturated rings. The standard InChI is InChI=1S/C23H30O5/c1-15-10-9-11-16(2)19(15)21(24)20-17(3)14-18(26-5)22(27-6)23(20)28-13-8-7-12-25-4/h9-11,14H,7-8,12-13H2,1-6H3. The molecule has 0 saturated carbocycles. The maximum Gasteiger partial charge on any atom is 0.204 e. The van der Waals surface area contributed by atoms with Gasteiger partial charge in [-0.05, 0) is 56.4 Å². The first-order chi connectivity index (χ1) is 13.5. The molecule has 0 radical (unpaired) electrons. The molecule has 5 nitrogen and oxygen atoms in total. The molecular weight excluding hydrogens is 356 g/mol. The molecule has 0 heterocycles. The van der Waals surface area contributed by atoms with E-state index in [-0.39, 0.29) is 5.78 Å². The van der Waals surface area contributed by atoms with Crippen LogP contribution in [0.1, 0.15) is 45.5 Å². The quantitative estimate of drug-likeness (QED) is 0.439. The average Bonchev–Trinajstić information content (AvgIpc) is 2.67. The van der Waals surface area contributed by atoms with E-state index in [0.29, 0.717) is 41.6 Å². The van der Waals surface area contributed by atoms with Gasteiger partial charge >= 0.3 is 0 Å². The third kappa shape index (κ3) is 4.65. The largest absolute Gasteiger partial charge is 0.493 e. The molecule has 152 valence electrons. The maximum atomic E-state index is 13.5. The molecule has 0 aliphatic carbocycles. The topological polar surface area (TPSA) is 54.0 Å². The Hall–Kier alpha value is -2.53. The monoisotopic (exact) mass is 386 g/mol. The number of hydrogen-bond donors (Lipinski definition) is 0. The van der Waals surface area contributed by atoms with Crippen LogP contribution in [0.3, 0.4) is 0 Å². The van der Waals surface area contributed by atoms with E-state index in [2.05, 4.69) is 0 Å². The van der Waals surface area contributed by atoms with Gasteiger partial charge in [-0.2, -0.15) is 0 Å². The fourth-order valence-corrected chi connectivity index (χ4v) is 3.32. The molecule has 0 N–H and O–H groups in total. The number of rotatable bonds is 10. The third-order valence-corrected chi connectivity index (χ3v) is 4.75. The van der Waals surface area contributed by atoms with E-state index in [1.807, 2.05) is 45.0 Å². The van der Waals surface area contributed by atoms with E-state index in [9.17, 15) is 4.79 Å². The number of hydrogen-bond acceptors (Lipinski definition) is 5. The Labute approximate surface area is 167 Å². The van der Waals surface area contributed by atoms with E-state index in [4.69, 9.17) is 18.9 Å². The van der Waals surface area contributed by atoms with Crippen molar-refractivity contribution < 1.29 is 23.7 Å². The van der Waals surface area contributed by atoms with E-state index >= 15 is 0 Å². The highest BCUT2D eigenvalue weighted by Crippen LogP contribution is 2.43. The van der Waals surface area contributed by atoms with Crippen LogP contribution in [0.2, 0.25) is 0 Å². The van der Waals surface area contributed by atoms with Gasteiger partial charge in [-0.25, -0.2) is 0 Å². The zero-order valence-corrected chi connectivity index (χ0v) is 17.7. The molecular formula is C23H30O5. The number of carbonyl (C=O) groups excluding carboxylic acids is 1. The molecule has 28 heavy (non-hydrogen) atoms. The van der Waals surface area contributed by atoms with Gasteiger partial charge in [0.05, 0.1) is 26.4 Å². The van der Waals surface area contributed by atoms with Crippen molar-refractivity contribution in [3.05, 3.63) is 52.1 Å². The van der Waals surface area contributed by atoms with Crippen LogP contribution in [0.25, 0.3) is 0 Å². The summed E-state index contributed by atoms with van der Waals surface area (Å²) in [4.78, 5) is 13.5. The molecule has 0 atom stereocenters. The van der Waals surface area contributed by atoms with Crippen molar-refractivity contribution in [1.29, 1.82) is 0 Å². The first-order valence-corrected chi connectivity index (χ1v) is 9.44. The number of ketones is 1. The second-order valence-electron chi connectivity index (χ2n) is 6.78. The summed E-state index contributed by atoms with van der Waals surface area (Å²) >= 11 is 0. The second kappa shape index (κ2) is 10.1. The van der Waals surface area contributed by atoms with Crippen LogP contribution in [0.4, 0.5) is 0 Å². The normalized spacial score (nSPS) is 10.6. The Balaban J connectivity index is 2.53. The van der Waals surface area contributed by atoms with Crippen molar-refractivity contribution in [2.24, 2.45) is 0 Å². The SMILES string of the molecule is COCCCCOc1c(OC)c(OC)cc(C)c1C(=O)c1c(C)cccc1C. The van der Waals surface area contributed by atoms with Crippen molar-refractivity contribution in [3.8, 4) is 17.2 Å². The van der Waals surface area contributed by atoms with Crippen LogP contribution in [-0.2, 0) is 4.74 Å². The number of carbonyl (C=O) groups is 1. The molecule has 2 rings (SSSR count). The molecule has 0 saturated heterocycles. The highest BCUT2D eigenvalue weighted by molar-refractivity contribution is 6.14. The minimum atomic E-state index is -0.0686. The Kier molecular flexibility index (Phi) is 7.88. The van der Waals surface area contributed by atoms with Gasteiger partial charge in [0.2, 0.25) is 5.75 Å². The molecule has 2 aromatic rings. The summed E-state index contributed by atoms with van der Waals surface area (Å²) in [6, 6.07) is 7.66. The van der Waals surface area contributed by atoms with Crippen LogP contribution in [0, 0.1) is 20.8 Å². The van der Waals surface area contributed by atoms with Crippen LogP contribution in [0.5, 0.6) is 17.2 Å². The summed E-state index contributed by atoms with van der Waals surface area (Å²) in [5, 5.41) is 0. The van der Waals surface area contributed by atoms with Gasteiger partial charge in [-0.1, -0.05) is 18.2 Å². The number of aryl methyl sites for hydroxylation is 3. The van der Waals surface area contributed by atoms with Crippen LogP contribution in [-0.4, -0.2) is 40.3 Å². The van der Waals surface area contributed by atoms with Crippen LogP contribution >= 0.6 is 0 Å². The molecule has 0 aliphatic rings. The van der Waals surface area contributed by atoms with Crippen LogP contribution in [0.15, 0.2) is 24.3 Å². The Morgan fingerprint density at radius 2 is 1.46 bits per heavy atom. The van der Waals surface area contributed by atoms with Crippen molar-refractivity contribution in [2.45, 2.75) is 33.6 Å². The molecule has 2 aromatic carbocycles. The molecule has 0 bridgehead atoms. The second-order valence-corrected chi connectivity index (χ2v) is 6.78. The van der Waals surface area contributed by atoms with Crippen molar-refractivity contribution in [1.82, 2.24) is 0 Å². The van der Waals surface area contributed by atoms with Crippen molar-refractivity contribution >= 4 is 5.78 Å². The molecule has 0 unspecified atom stereocenters. The average molecular weight is 386 g/mol. The minimum Gasteiger partial charge on any atom is -0.493 e. The molecule has 0 amide bonds. The summed E-state index contributed by atoms with van der Waals surface area (Å²) < 4.78 is 22.2. The zero-order valence-electron chi connectivity index (χ0n) is 17.7. The van der Waals surface area contributed by atoms with Gasteiger partial charge in [0.15, 0.2) is 17.3 Å². The third-order valence-electron chi connectivity index (χ3n) is 4.75. The number of benzene rings is 2. The zero-order chi connectivity index (χ0) is 20.7. The van der Waals surface area contributed by atoms with Crippen LogP contribution < -0.4 is 14.2 Å². The van der Waals surface area contributed by atoms with Gasteiger partial charge in [0.25, 0.3) is 0 Å². The summed E-state index contributed by atoms with van der Waals surface area (Å²) in [6.45, 7) is 6.91. The lowest BCUT2D eigenvalue weighted by Gasteiger charge is -2.20. The number of unbranched alkanes of at least 4 members (excludes halogenated alkanes) is 1. The predicted octanol–water partition coefficient (Wildman–Crippen LogP) is 4.67. The molecule has 0 aromatic heterocycles. The highest BCUT2D eigenvalue weighted by Gasteiger charge is 2.26. The van der Waals surface area contributed by atoms with E-state index in [1.165, 1.54) is 0 Å². The van der Waals surface area contributed by atoms with E-state index in [0.717, 1.165) is 29.5 Å². The lowest BCUT2D eigenvalue weighted by atomic mass is 9.91. The summed E-state index contributed by atoms with van der Waals surface area (Å²) in [6.07, 6.45) is 1.69. The number of ether oxygens (including phenoxy) is 4. The van der Waals surface area contributed by atoms with Gasteiger partial charge in [0, 0.05) is 19.3 Å². The maximum absolute atomic E-state index is 13.5. The fourth-order valence-electron chi connectivity index (χ4n) is 3.32. The minimum absolute atomic E-state index is 0.0686. The first-order valence-electron chi connectivity index (χ1n) is 9.44. The Morgan fingerprint density at radius 1 is 0.821 bits per heavy atom. The van der Waals surface area contributed by atoms with E-state index < -0.39 is 0 Å². The van der Waals surface area contributed by atoms with Gasteiger partial charge < -0.3 is 18.9 Å².